The monoisotopic (exact) mass is 483 g/mol. The molecule has 0 saturated heterocycles. The molecule has 1 N–H and O–H groups in total. The smallest absolute Gasteiger partial charge is 0.250 e. The molecule has 0 aliphatic carbocycles. The van der Waals surface area contributed by atoms with Crippen molar-refractivity contribution in [3.8, 4) is 5.69 Å². The van der Waals surface area contributed by atoms with Crippen molar-refractivity contribution < 1.29 is 4.79 Å². The van der Waals surface area contributed by atoms with Crippen molar-refractivity contribution in [3.05, 3.63) is 86.6 Å². The molecule has 0 fully saturated rings. The van der Waals surface area contributed by atoms with Crippen molar-refractivity contribution in [2.75, 3.05) is 5.75 Å². The second-order valence-corrected chi connectivity index (χ2v) is 9.22. The molecule has 3 rings (SSSR count). The van der Waals surface area contributed by atoms with Gasteiger partial charge in [0.25, 0.3) is 0 Å². The average Bonchev–Trinajstić information content (AvgIpc) is 2.96. The molecular formula is C24H26BrN3OS. The minimum atomic E-state index is -0.102. The van der Waals surface area contributed by atoms with E-state index < -0.39 is 0 Å². The largest absolute Gasteiger partial charge is 0.317 e. The summed E-state index contributed by atoms with van der Waals surface area (Å²) in [6.45, 7) is 8.42. The minimum absolute atomic E-state index is 0.102. The zero-order valence-corrected chi connectivity index (χ0v) is 20.1. The number of amides is 1. The maximum Gasteiger partial charge on any atom is 0.250 e. The van der Waals surface area contributed by atoms with Gasteiger partial charge in [-0.2, -0.15) is 5.10 Å². The molecule has 0 atom stereocenters. The lowest BCUT2D eigenvalue weighted by Gasteiger charge is -2.15. The van der Waals surface area contributed by atoms with E-state index in [1.165, 1.54) is 22.4 Å². The number of carbonyl (C=O) groups excluding carboxylic acids is 1. The maximum absolute atomic E-state index is 12.1. The molecule has 1 heterocycles. The Balaban J connectivity index is 1.61. The van der Waals surface area contributed by atoms with Crippen molar-refractivity contribution in [3.63, 3.8) is 0 Å². The van der Waals surface area contributed by atoms with E-state index in [1.807, 2.05) is 12.1 Å². The second kappa shape index (κ2) is 10.1. The number of hydrogen-bond acceptors (Lipinski definition) is 3. The summed E-state index contributed by atoms with van der Waals surface area (Å²) in [6, 6.07) is 16.5. The fraction of sp³-hybridized carbons (Fsp3) is 0.250. The van der Waals surface area contributed by atoms with E-state index in [2.05, 4.69) is 95.1 Å². The second-order valence-electron chi connectivity index (χ2n) is 7.32. The number of hydrazone groups is 1. The molecule has 0 spiro atoms. The first-order valence-corrected chi connectivity index (χ1v) is 11.7. The van der Waals surface area contributed by atoms with Gasteiger partial charge in [-0.1, -0.05) is 46.3 Å². The van der Waals surface area contributed by atoms with Crippen molar-refractivity contribution >= 4 is 39.8 Å². The van der Waals surface area contributed by atoms with Crippen LogP contribution in [0.15, 0.2) is 58.1 Å². The van der Waals surface area contributed by atoms with Crippen LogP contribution >= 0.6 is 27.7 Å². The number of carbonyl (C=O) groups is 1. The van der Waals surface area contributed by atoms with Gasteiger partial charge in [0.2, 0.25) is 5.91 Å². The van der Waals surface area contributed by atoms with Crippen LogP contribution in [-0.2, 0) is 10.5 Å². The molecule has 30 heavy (non-hydrogen) atoms. The van der Waals surface area contributed by atoms with Crippen molar-refractivity contribution in [2.24, 2.45) is 5.10 Å². The Morgan fingerprint density at radius 3 is 2.50 bits per heavy atom. The fourth-order valence-corrected chi connectivity index (χ4v) is 4.73. The number of nitrogens with zero attached hydrogens (tertiary/aromatic N) is 2. The average molecular weight is 484 g/mol. The van der Waals surface area contributed by atoms with Gasteiger partial charge in [-0.05, 0) is 62.6 Å². The Hall–Kier alpha value is -2.31. The molecule has 1 aromatic heterocycles. The Morgan fingerprint density at radius 2 is 1.80 bits per heavy atom. The molecule has 0 bridgehead atoms. The summed E-state index contributed by atoms with van der Waals surface area (Å²) in [7, 11) is 0. The van der Waals surface area contributed by atoms with Crippen molar-refractivity contribution in [1.82, 2.24) is 9.99 Å². The van der Waals surface area contributed by atoms with Crippen LogP contribution in [0.3, 0.4) is 0 Å². The van der Waals surface area contributed by atoms with Crippen LogP contribution in [0, 0.1) is 27.7 Å². The fourth-order valence-electron chi connectivity index (χ4n) is 3.52. The zero-order chi connectivity index (χ0) is 21.7. The highest BCUT2D eigenvalue weighted by molar-refractivity contribution is 9.10. The van der Waals surface area contributed by atoms with E-state index in [9.17, 15) is 4.79 Å². The highest BCUT2D eigenvalue weighted by Crippen LogP contribution is 2.25. The number of para-hydroxylation sites is 1. The van der Waals surface area contributed by atoms with E-state index in [4.69, 9.17) is 0 Å². The van der Waals surface area contributed by atoms with Crippen LogP contribution in [0.1, 0.15) is 33.6 Å². The van der Waals surface area contributed by atoms with Crippen LogP contribution in [0.4, 0.5) is 0 Å². The summed E-state index contributed by atoms with van der Waals surface area (Å²) in [5, 5.41) is 4.18. The number of nitrogens with one attached hydrogen (secondary N) is 1. The van der Waals surface area contributed by atoms with Gasteiger partial charge in [-0.3, -0.25) is 4.79 Å². The van der Waals surface area contributed by atoms with Crippen LogP contribution < -0.4 is 5.43 Å². The maximum atomic E-state index is 12.1. The number of halogens is 1. The van der Waals surface area contributed by atoms with Gasteiger partial charge >= 0.3 is 0 Å². The summed E-state index contributed by atoms with van der Waals surface area (Å²) >= 11 is 5.03. The first kappa shape index (κ1) is 22.4. The normalized spacial score (nSPS) is 11.2. The molecular weight excluding hydrogens is 458 g/mol. The molecule has 2 aromatic carbocycles. The quantitative estimate of drug-likeness (QED) is 0.338. The first-order chi connectivity index (χ1) is 14.4. The van der Waals surface area contributed by atoms with Crippen LogP contribution in [0.5, 0.6) is 0 Å². The van der Waals surface area contributed by atoms with Crippen LogP contribution in [-0.4, -0.2) is 22.4 Å². The zero-order valence-electron chi connectivity index (χ0n) is 17.7. The third kappa shape index (κ3) is 5.43. The van der Waals surface area contributed by atoms with Gasteiger partial charge in [0, 0.05) is 27.2 Å². The Morgan fingerprint density at radius 1 is 1.10 bits per heavy atom. The van der Waals surface area contributed by atoms with E-state index >= 15 is 0 Å². The molecule has 0 unspecified atom stereocenters. The van der Waals surface area contributed by atoms with Crippen molar-refractivity contribution in [1.29, 1.82) is 0 Å². The lowest BCUT2D eigenvalue weighted by atomic mass is 10.1. The van der Waals surface area contributed by atoms with Gasteiger partial charge in [0.15, 0.2) is 0 Å². The third-order valence-corrected chi connectivity index (χ3v) is 6.41. The predicted octanol–water partition coefficient (Wildman–Crippen LogP) is 5.86. The standard InChI is InChI=1S/C24H26BrN3OS/c1-16-7-5-8-17(2)24(16)28-18(3)11-21(19(28)4)13-26-27-23(29)15-30-14-20-9-6-10-22(25)12-20/h5-13H,14-15H2,1-4H3,(H,27,29)/b26-13-. The topological polar surface area (TPSA) is 46.4 Å². The molecule has 0 saturated carbocycles. The number of aromatic nitrogens is 1. The van der Waals surface area contributed by atoms with Gasteiger partial charge in [0.05, 0.1) is 17.7 Å². The predicted molar refractivity (Wildman–Crippen MR) is 131 cm³/mol. The molecule has 4 nitrogen and oxygen atoms in total. The number of aryl methyl sites for hydroxylation is 3. The van der Waals surface area contributed by atoms with Gasteiger partial charge in [0.1, 0.15) is 0 Å². The molecule has 1 amide bonds. The van der Waals surface area contributed by atoms with E-state index in [0.717, 1.165) is 27.2 Å². The van der Waals surface area contributed by atoms with Gasteiger partial charge in [-0.25, -0.2) is 5.43 Å². The molecule has 0 aliphatic rings. The van der Waals surface area contributed by atoms with Crippen LogP contribution in [0.2, 0.25) is 0 Å². The molecule has 0 aliphatic heterocycles. The molecule has 0 radical (unpaired) electrons. The lowest BCUT2D eigenvalue weighted by Crippen LogP contribution is -2.19. The summed E-state index contributed by atoms with van der Waals surface area (Å²) in [4.78, 5) is 12.1. The highest BCUT2D eigenvalue weighted by Gasteiger charge is 2.13. The lowest BCUT2D eigenvalue weighted by molar-refractivity contribution is -0.118. The minimum Gasteiger partial charge on any atom is -0.317 e. The van der Waals surface area contributed by atoms with E-state index in [0.29, 0.717) is 5.75 Å². The number of hydrogen-bond donors (Lipinski definition) is 1. The summed E-state index contributed by atoms with van der Waals surface area (Å²) in [6.07, 6.45) is 1.73. The SMILES string of the molecule is Cc1cccc(C)c1-n1c(C)cc(/C=N\NC(=O)CSCc2cccc(Br)c2)c1C. The molecule has 156 valence electrons. The summed E-state index contributed by atoms with van der Waals surface area (Å²) in [5.41, 5.74) is 10.7. The number of thioether (sulfide) groups is 1. The Labute approximate surface area is 190 Å². The summed E-state index contributed by atoms with van der Waals surface area (Å²) in [5.74, 6) is 1.05. The summed E-state index contributed by atoms with van der Waals surface area (Å²) < 4.78 is 3.30. The molecule has 3 aromatic rings. The third-order valence-electron chi connectivity index (χ3n) is 4.92. The van der Waals surface area contributed by atoms with E-state index in [1.54, 1.807) is 18.0 Å². The number of rotatable bonds is 7. The van der Waals surface area contributed by atoms with Gasteiger partial charge < -0.3 is 4.57 Å². The highest BCUT2D eigenvalue weighted by atomic mass is 79.9. The van der Waals surface area contributed by atoms with Crippen LogP contribution in [0.25, 0.3) is 5.69 Å². The van der Waals surface area contributed by atoms with E-state index in [-0.39, 0.29) is 5.91 Å². The van der Waals surface area contributed by atoms with Crippen molar-refractivity contribution in [2.45, 2.75) is 33.4 Å². The Kier molecular flexibility index (Phi) is 7.56. The Bertz CT molecular complexity index is 1070. The molecule has 6 heteroatoms. The first-order valence-electron chi connectivity index (χ1n) is 9.76. The number of benzene rings is 2. The van der Waals surface area contributed by atoms with Gasteiger partial charge in [-0.15, -0.1) is 11.8 Å².